The number of hydrogen-bond donors (Lipinski definition) is 5. The SMILES string of the molecule is NC1(CNc2ccc3c(=O)c(C(=O)N[C@@H](C4CC4)C(F)(F)F)cn(-c4c(F)cc(F)cc4F)c3n2)CC1.O=C(O)C(F)(F)F.O=C(O)C(F)(F)F. The number of nitrogens with two attached hydrogens (primary N) is 1. The molecule has 1 amide bonds. The average molecular weight is 753 g/mol. The first kappa shape index (κ1) is 40.3. The van der Waals surface area contributed by atoms with E-state index in [0.717, 1.165) is 17.4 Å². The standard InChI is InChI=1S/C24H21F6N5O2.2C2HF3O2/c25-12-7-15(26)18(16(27)8-12)35-9-14(22(37)34-20(11-1-2-11)24(28,29)30)19(36)13-3-4-17(33-21(13)35)32-10-23(31)5-6-23;2*3-2(4,5)1(6)7/h3-4,7-9,11,20H,1-2,5-6,10,31H2,(H,32,33)(H,34,37);2*(H,6,7)/t20-;;/m0../s1. The van der Waals surface area contributed by atoms with Crippen LogP contribution in [0.2, 0.25) is 0 Å². The van der Waals surface area contributed by atoms with Gasteiger partial charge in [-0.3, -0.25) is 14.2 Å². The highest BCUT2D eigenvalue weighted by molar-refractivity contribution is 5.97. The molecule has 2 fully saturated rings. The molecule has 2 saturated carbocycles. The van der Waals surface area contributed by atoms with Crippen LogP contribution in [0.4, 0.5) is 58.5 Å². The fourth-order valence-electron chi connectivity index (χ4n) is 4.12. The minimum atomic E-state index is -5.08. The molecule has 0 aliphatic heterocycles. The molecule has 5 rings (SSSR count). The minimum Gasteiger partial charge on any atom is -0.475 e. The molecular formula is C28H23F12N5O6. The second-order valence-corrected chi connectivity index (χ2v) is 11.2. The van der Waals surface area contributed by atoms with E-state index < -0.39 is 88.0 Å². The zero-order chi connectivity index (χ0) is 38.9. The van der Waals surface area contributed by atoms with Gasteiger partial charge in [-0.05, 0) is 43.7 Å². The van der Waals surface area contributed by atoms with Crippen LogP contribution >= 0.6 is 0 Å². The Balaban J connectivity index is 0.000000424. The van der Waals surface area contributed by atoms with E-state index in [0.29, 0.717) is 24.9 Å². The Bertz CT molecular complexity index is 1820. The molecule has 0 radical (unpaired) electrons. The van der Waals surface area contributed by atoms with Crippen molar-refractivity contribution >= 4 is 34.7 Å². The van der Waals surface area contributed by atoms with Crippen molar-refractivity contribution in [1.29, 1.82) is 0 Å². The zero-order valence-corrected chi connectivity index (χ0v) is 25.1. The third-order valence-corrected chi connectivity index (χ3v) is 7.05. The van der Waals surface area contributed by atoms with Crippen LogP contribution in [0.25, 0.3) is 16.7 Å². The highest BCUT2D eigenvalue weighted by atomic mass is 19.4. The van der Waals surface area contributed by atoms with Gasteiger partial charge in [0.05, 0.1) is 5.39 Å². The maximum Gasteiger partial charge on any atom is 0.490 e. The second kappa shape index (κ2) is 14.6. The van der Waals surface area contributed by atoms with Crippen molar-refractivity contribution in [1.82, 2.24) is 14.9 Å². The molecule has 51 heavy (non-hydrogen) atoms. The number of amides is 1. The number of carbonyl (C=O) groups is 3. The number of alkyl halides is 9. The third kappa shape index (κ3) is 10.7. The summed E-state index contributed by atoms with van der Waals surface area (Å²) < 4.78 is 148. The smallest absolute Gasteiger partial charge is 0.475 e. The van der Waals surface area contributed by atoms with Gasteiger partial charge in [0.15, 0.2) is 17.3 Å². The van der Waals surface area contributed by atoms with Crippen LogP contribution in [-0.2, 0) is 9.59 Å². The van der Waals surface area contributed by atoms with Crippen LogP contribution < -0.4 is 21.8 Å². The quantitative estimate of drug-likeness (QED) is 0.207. The third-order valence-electron chi connectivity index (χ3n) is 7.05. The highest BCUT2D eigenvalue weighted by Gasteiger charge is 2.50. The summed E-state index contributed by atoms with van der Waals surface area (Å²) in [5.74, 6) is -11.5. The largest absolute Gasteiger partial charge is 0.490 e. The number of halogens is 12. The molecule has 280 valence electrons. The summed E-state index contributed by atoms with van der Waals surface area (Å²) in [4.78, 5) is 48.1. The number of fused-ring (bicyclic) bond motifs is 1. The predicted molar refractivity (Wildman–Crippen MR) is 149 cm³/mol. The van der Waals surface area contributed by atoms with Crippen LogP contribution in [-0.4, -0.2) is 74.3 Å². The normalized spacial score (nSPS) is 15.8. The second-order valence-electron chi connectivity index (χ2n) is 11.2. The predicted octanol–water partition coefficient (Wildman–Crippen LogP) is 5.04. The Kier molecular flexibility index (Phi) is 11.6. The summed E-state index contributed by atoms with van der Waals surface area (Å²) in [6.45, 7) is 0.329. The van der Waals surface area contributed by atoms with Crippen LogP contribution in [0.3, 0.4) is 0 Å². The van der Waals surface area contributed by atoms with E-state index in [-0.39, 0.29) is 29.7 Å². The molecule has 2 aliphatic rings. The summed E-state index contributed by atoms with van der Waals surface area (Å²) >= 11 is 0. The van der Waals surface area contributed by atoms with E-state index in [1.165, 1.54) is 12.1 Å². The Hall–Kier alpha value is -5.09. The number of hydrogen-bond acceptors (Lipinski definition) is 7. The van der Waals surface area contributed by atoms with Gasteiger partial charge in [-0.2, -0.15) is 39.5 Å². The number of pyridine rings is 2. The molecule has 1 aromatic carbocycles. The maximum atomic E-state index is 14.8. The lowest BCUT2D eigenvalue weighted by molar-refractivity contribution is -0.193. The summed E-state index contributed by atoms with van der Waals surface area (Å²) in [7, 11) is 0. The zero-order valence-electron chi connectivity index (χ0n) is 25.1. The molecular weight excluding hydrogens is 730 g/mol. The van der Waals surface area contributed by atoms with E-state index in [9.17, 15) is 62.3 Å². The number of carboxylic acids is 2. The number of aliphatic carboxylic acids is 2. The Labute approximate surface area is 276 Å². The van der Waals surface area contributed by atoms with Crippen molar-refractivity contribution in [2.24, 2.45) is 11.7 Å². The summed E-state index contributed by atoms with van der Waals surface area (Å²) in [5.41, 5.74) is 2.69. The number of aromatic nitrogens is 2. The molecule has 0 unspecified atom stereocenters. The first-order valence-corrected chi connectivity index (χ1v) is 14.0. The van der Waals surface area contributed by atoms with Crippen molar-refractivity contribution in [3.05, 3.63) is 63.7 Å². The van der Waals surface area contributed by atoms with Gasteiger partial charge in [-0.25, -0.2) is 27.7 Å². The Morgan fingerprint density at radius 1 is 0.922 bits per heavy atom. The van der Waals surface area contributed by atoms with Gasteiger partial charge in [0.25, 0.3) is 5.91 Å². The molecule has 2 heterocycles. The number of carboxylic acid groups (broad SMARTS) is 2. The number of benzene rings is 1. The number of nitrogens with one attached hydrogen (secondary N) is 2. The fraction of sp³-hybridized carbons (Fsp3) is 0.393. The van der Waals surface area contributed by atoms with Gasteiger partial charge in [-0.1, -0.05) is 0 Å². The number of rotatable bonds is 7. The monoisotopic (exact) mass is 753 g/mol. The van der Waals surface area contributed by atoms with Crippen molar-refractivity contribution in [2.45, 2.75) is 55.8 Å². The van der Waals surface area contributed by atoms with Crippen LogP contribution in [0.1, 0.15) is 36.0 Å². The van der Waals surface area contributed by atoms with Gasteiger partial charge in [0, 0.05) is 30.4 Å². The van der Waals surface area contributed by atoms with E-state index in [1.807, 2.05) is 5.32 Å². The van der Waals surface area contributed by atoms with E-state index >= 15 is 0 Å². The fourth-order valence-corrected chi connectivity index (χ4v) is 4.12. The van der Waals surface area contributed by atoms with Crippen LogP contribution in [0, 0.1) is 23.4 Å². The molecule has 0 spiro atoms. The molecule has 1 atom stereocenters. The van der Waals surface area contributed by atoms with Gasteiger partial charge in [0.2, 0.25) is 5.43 Å². The van der Waals surface area contributed by atoms with Crippen molar-refractivity contribution < 1.29 is 77.3 Å². The number of carbonyl (C=O) groups excluding carboxylic acids is 1. The maximum absolute atomic E-state index is 14.8. The van der Waals surface area contributed by atoms with E-state index in [1.54, 1.807) is 0 Å². The summed E-state index contributed by atoms with van der Waals surface area (Å²) in [6.07, 6.45) is -12.1. The highest BCUT2D eigenvalue weighted by Crippen LogP contribution is 2.40. The number of anilines is 1. The first-order chi connectivity index (χ1) is 23.2. The van der Waals surface area contributed by atoms with Gasteiger partial charge in [-0.15, -0.1) is 0 Å². The lowest BCUT2D eigenvalue weighted by atomic mass is 10.1. The number of nitrogens with zero attached hydrogens (tertiary/aromatic N) is 2. The van der Waals surface area contributed by atoms with Crippen molar-refractivity contribution in [3.63, 3.8) is 0 Å². The molecule has 6 N–H and O–H groups in total. The molecule has 2 aromatic heterocycles. The molecule has 2 aliphatic carbocycles. The van der Waals surface area contributed by atoms with Gasteiger partial charge < -0.3 is 26.6 Å². The molecule has 0 bridgehead atoms. The minimum absolute atomic E-state index is 0.198. The Morgan fingerprint density at radius 2 is 1.41 bits per heavy atom. The van der Waals surface area contributed by atoms with Gasteiger partial charge >= 0.3 is 30.5 Å². The molecule has 11 nitrogen and oxygen atoms in total. The lowest BCUT2D eigenvalue weighted by Gasteiger charge is -2.22. The first-order valence-electron chi connectivity index (χ1n) is 14.0. The van der Waals surface area contributed by atoms with Crippen molar-refractivity contribution in [2.75, 3.05) is 11.9 Å². The molecule has 0 saturated heterocycles. The molecule has 23 heteroatoms. The van der Waals surface area contributed by atoms with Crippen LogP contribution in [0.15, 0.2) is 35.3 Å². The van der Waals surface area contributed by atoms with Crippen LogP contribution in [0.5, 0.6) is 0 Å². The summed E-state index contributed by atoms with van der Waals surface area (Å²) in [6, 6.07) is 1.21. The lowest BCUT2D eigenvalue weighted by Crippen LogP contribution is -2.48. The topological polar surface area (TPSA) is 177 Å². The Morgan fingerprint density at radius 3 is 1.82 bits per heavy atom. The molecule has 3 aromatic rings. The van der Waals surface area contributed by atoms with Crippen molar-refractivity contribution in [3.8, 4) is 5.69 Å². The average Bonchev–Trinajstić information content (AvgIpc) is 3.92. The van der Waals surface area contributed by atoms with E-state index in [4.69, 9.17) is 25.5 Å². The van der Waals surface area contributed by atoms with E-state index in [2.05, 4.69) is 10.3 Å². The summed E-state index contributed by atoms with van der Waals surface area (Å²) in [5, 5.41) is 18.8. The van der Waals surface area contributed by atoms with Gasteiger partial charge in [0.1, 0.15) is 28.9 Å².